The molecule has 0 aliphatic carbocycles. The molecule has 0 aromatic heterocycles. The third-order valence-corrected chi connectivity index (χ3v) is 2.31. The quantitative estimate of drug-likeness (QED) is 0.495. The van der Waals surface area contributed by atoms with Crippen LogP contribution in [0.15, 0.2) is 6.07 Å². The standard InChI is InChI=1S/C13H16O6/c1-6(2)11-9(16)5-10(18-7(3)14)12(17)13(11)19-8(4)15/h5-6,16-17H,1-4H3. The fraction of sp³-hybridized carbons (Fsp3) is 0.385. The maximum absolute atomic E-state index is 11.1. The average molecular weight is 268 g/mol. The van der Waals surface area contributed by atoms with E-state index in [0.717, 1.165) is 13.0 Å². The van der Waals surface area contributed by atoms with Gasteiger partial charge in [0, 0.05) is 25.5 Å². The molecule has 6 heteroatoms. The number of aromatic hydroxyl groups is 2. The number of rotatable bonds is 3. The van der Waals surface area contributed by atoms with E-state index in [1.54, 1.807) is 13.8 Å². The summed E-state index contributed by atoms with van der Waals surface area (Å²) >= 11 is 0. The Morgan fingerprint density at radius 3 is 2.05 bits per heavy atom. The first-order chi connectivity index (χ1) is 8.73. The summed E-state index contributed by atoms with van der Waals surface area (Å²) < 4.78 is 9.64. The molecule has 0 atom stereocenters. The summed E-state index contributed by atoms with van der Waals surface area (Å²) in [6, 6.07) is 1.11. The fourth-order valence-electron chi connectivity index (χ4n) is 1.66. The van der Waals surface area contributed by atoms with Crippen LogP contribution in [-0.4, -0.2) is 22.2 Å². The first-order valence-electron chi connectivity index (χ1n) is 5.69. The molecule has 19 heavy (non-hydrogen) atoms. The summed E-state index contributed by atoms with van der Waals surface area (Å²) in [5, 5.41) is 19.9. The first-order valence-corrected chi connectivity index (χ1v) is 5.69. The summed E-state index contributed by atoms with van der Waals surface area (Å²) in [5.74, 6) is -2.69. The highest BCUT2D eigenvalue weighted by molar-refractivity contribution is 5.76. The van der Waals surface area contributed by atoms with Crippen molar-refractivity contribution in [2.24, 2.45) is 0 Å². The Bertz CT molecular complexity index is 518. The van der Waals surface area contributed by atoms with Crippen LogP contribution >= 0.6 is 0 Å². The number of phenolic OH excluding ortho intramolecular Hbond substituents is 2. The van der Waals surface area contributed by atoms with E-state index in [4.69, 9.17) is 9.47 Å². The van der Waals surface area contributed by atoms with Crippen LogP contribution in [0, 0.1) is 0 Å². The molecule has 0 aliphatic heterocycles. The van der Waals surface area contributed by atoms with Gasteiger partial charge in [0.25, 0.3) is 0 Å². The molecule has 0 bridgehead atoms. The van der Waals surface area contributed by atoms with E-state index in [-0.39, 0.29) is 28.7 Å². The first kappa shape index (κ1) is 14.8. The van der Waals surface area contributed by atoms with Crippen molar-refractivity contribution in [1.82, 2.24) is 0 Å². The van der Waals surface area contributed by atoms with Gasteiger partial charge in [0.15, 0.2) is 11.5 Å². The normalized spacial score (nSPS) is 10.4. The van der Waals surface area contributed by atoms with Crippen molar-refractivity contribution in [3.05, 3.63) is 11.6 Å². The molecule has 104 valence electrons. The number of carbonyl (C=O) groups excluding carboxylic acids is 2. The monoisotopic (exact) mass is 268 g/mol. The predicted molar refractivity (Wildman–Crippen MR) is 66.5 cm³/mol. The molecule has 1 aromatic rings. The molecule has 2 N–H and O–H groups in total. The minimum atomic E-state index is -0.666. The van der Waals surface area contributed by atoms with Crippen molar-refractivity contribution in [2.45, 2.75) is 33.6 Å². The molecule has 0 radical (unpaired) electrons. The molecule has 0 heterocycles. The number of carbonyl (C=O) groups is 2. The summed E-state index contributed by atoms with van der Waals surface area (Å²) in [6.07, 6.45) is 0. The number of benzene rings is 1. The zero-order valence-corrected chi connectivity index (χ0v) is 11.2. The van der Waals surface area contributed by atoms with Crippen molar-refractivity contribution < 1.29 is 29.3 Å². The van der Waals surface area contributed by atoms with Gasteiger partial charge in [0.1, 0.15) is 5.75 Å². The number of ether oxygens (including phenoxy) is 2. The molecule has 0 spiro atoms. The second kappa shape index (κ2) is 5.60. The van der Waals surface area contributed by atoms with Gasteiger partial charge in [-0.05, 0) is 5.92 Å². The van der Waals surface area contributed by atoms with Gasteiger partial charge in [-0.15, -0.1) is 0 Å². The zero-order valence-electron chi connectivity index (χ0n) is 11.2. The van der Waals surface area contributed by atoms with Crippen LogP contribution in [0.2, 0.25) is 0 Å². The third-order valence-electron chi connectivity index (χ3n) is 2.31. The van der Waals surface area contributed by atoms with E-state index < -0.39 is 17.7 Å². The van der Waals surface area contributed by atoms with Crippen molar-refractivity contribution in [2.75, 3.05) is 0 Å². The summed E-state index contributed by atoms with van der Waals surface area (Å²) in [6.45, 7) is 5.83. The molecule has 0 aliphatic rings. The Morgan fingerprint density at radius 1 is 1.11 bits per heavy atom. The lowest BCUT2D eigenvalue weighted by Gasteiger charge is -2.17. The Balaban J connectivity index is 3.46. The largest absolute Gasteiger partial charge is 0.507 e. The third kappa shape index (κ3) is 3.37. The molecule has 0 fully saturated rings. The van der Waals surface area contributed by atoms with Gasteiger partial charge in [-0.3, -0.25) is 9.59 Å². The SMILES string of the molecule is CC(=O)Oc1cc(O)c(C(C)C)c(OC(C)=O)c1O. The Hall–Kier alpha value is -2.24. The van der Waals surface area contributed by atoms with Gasteiger partial charge in [-0.25, -0.2) is 0 Å². The molecule has 0 unspecified atom stereocenters. The van der Waals surface area contributed by atoms with Gasteiger partial charge < -0.3 is 19.7 Å². The van der Waals surface area contributed by atoms with E-state index in [2.05, 4.69) is 0 Å². The lowest BCUT2D eigenvalue weighted by molar-refractivity contribution is -0.132. The van der Waals surface area contributed by atoms with Gasteiger partial charge in [-0.2, -0.15) is 0 Å². The lowest BCUT2D eigenvalue weighted by atomic mass is 10.00. The van der Waals surface area contributed by atoms with E-state index in [1.807, 2.05) is 0 Å². The highest BCUT2D eigenvalue weighted by Crippen LogP contribution is 2.47. The Labute approximate surface area is 110 Å². The van der Waals surface area contributed by atoms with Crippen molar-refractivity contribution in [1.29, 1.82) is 0 Å². The molecule has 0 amide bonds. The van der Waals surface area contributed by atoms with E-state index in [0.29, 0.717) is 0 Å². The molecular weight excluding hydrogens is 252 g/mol. The minimum Gasteiger partial charge on any atom is -0.507 e. The minimum absolute atomic E-state index is 0.196. The van der Waals surface area contributed by atoms with Crippen molar-refractivity contribution >= 4 is 11.9 Å². The van der Waals surface area contributed by atoms with Crippen LogP contribution in [0.3, 0.4) is 0 Å². The smallest absolute Gasteiger partial charge is 0.308 e. The van der Waals surface area contributed by atoms with E-state index in [9.17, 15) is 19.8 Å². The summed E-state index contributed by atoms with van der Waals surface area (Å²) in [7, 11) is 0. The molecular formula is C13H16O6. The Kier molecular flexibility index (Phi) is 4.37. The van der Waals surface area contributed by atoms with Gasteiger partial charge >= 0.3 is 11.9 Å². The summed E-state index contributed by atoms with van der Waals surface area (Å²) in [5.41, 5.74) is 0.267. The topological polar surface area (TPSA) is 93.1 Å². The molecule has 6 nitrogen and oxygen atoms in total. The van der Waals surface area contributed by atoms with Crippen LogP contribution < -0.4 is 9.47 Å². The van der Waals surface area contributed by atoms with Crippen LogP contribution in [0.1, 0.15) is 39.2 Å². The highest BCUT2D eigenvalue weighted by Gasteiger charge is 2.24. The molecule has 0 saturated carbocycles. The lowest BCUT2D eigenvalue weighted by Crippen LogP contribution is -2.08. The van der Waals surface area contributed by atoms with Gasteiger partial charge in [-0.1, -0.05) is 13.8 Å². The maximum atomic E-state index is 11.1. The molecule has 0 saturated heterocycles. The summed E-state index contributed by atoms with van der Waals surface area (Å²) in [4.78, 5) is 22.0. The van der Waals surface area contributed by atoms with Crippen LogP contribution in [0.5, 0.6) is 23.0 Å². The van der Waals surface area contributed by atoms with Crippen molar-refractivity contribution in [3.8, 4) is 23.0 Å². The number of esters is 2. The number of hydrogen-bond acceptors (Lipinski definition) is 6. The maximum Gasteiger partial charge on any atom is 0.308 e. The van der Waals surface area contributed by atoms with Crippen LogP contribution in [0.25, 0.3) is 0 Å². The fourth-order valence-corrected chi connectivity index (χ4v) is 1.66. The van der Waals surface area contributed by atoms with E-state index in [1.165, 1.54) is 6.92 Å². The molecule has 1 rings (SSSR count). The number of phenols is 2. The highest BCUT2D eigenvalue weighted by atomic mass is 16.6. The zero-order chi connectivity index (χ0) is 14.7. The predicted octanol–water partition coefficient (Wildman–Crippen LogP) is 2.07. The average Bonchev–Trinajstić information content (AvgIpc) is 2.22. The van der Waals surface area contributed by atoms with Gasteiger partial charge in [0.2, 0.25) is 5.75 Å². The second-order valence-electron chi connectivity index (χ2n) is 4.33. The van der Waals surface area contributed by atoms with Gasteiger partial charge in [0.05, 0.1) is 0 Å². The van der Waals surface area contributed by atoms with Crippen LogP contribution in [-0.2, 0) is 9.59 Å². The Morgan fingerprint density at radius 2 is 1.63 bits per heavy atom. The van der Waals surface area contributed by atoms with E-state index >= 15 is 0 Å². The molecule has 1 aromatic carbocycles. The second-order valence-corrected chi connectivity index (χ2v) is 4.33. The number of hydrogen-bond donors (Lipinski definition) is 2. The van der Waals surface area contributed by atoms with Crippen LogP contribution in [0.4, 0.5) is 0 Å². The van der Waals surface area contributed by atoms with Crippen molar-refractivity contribution in [3.63, 3.8) is 0 Å².